The Labute approximate surface area is 199 Å². The van der Waals surface area contributed by atoms with E-state index in [1.807, 2.05) is 50.2 Å². The summed E-state index contributed by atoms with van der Waals surface area (Å²) in [6, 6.07) is 14.9. The fourth-order valence-corrected chi connectivity index (χ4v) is 4.32. The van der Waals surface area contributed by atoms with Gasteiger partial charge in [0.1, 0.15) is 12.6 Å². The molecule has 0 bridgehead atoms. The number of amides is 2. The number of carbonyl (C=O) groups is 3. The summed E-state index contributed by atoms with van der Waals surface area (Å²) < 4.78 is 10.6. The van der Waals surface area contributed by atoms with Gasteiger partial charge in [0.15, 0.2) is 0 Å². The summed E-state index contributed by atoms with van der Waals surface area (Å²) in [5.74, 6) is -1.51. The minimum Gasteiger partial charge on any atom is -0.481 e. The van der Waals surface area contributed by atoms with E-state index in [4.69, 9.17) is 14.6 Å². The highest BCUT2D eigenvalue weighted by Gasteiger charge is 2.31. The smallest absolute Gasteiger partial charge is 0.407 e. The predicted octanol–water partition coefficient (Wildman–Crippen LogP) is 3.64. The minimum atomic E-state index is -1.04. The number of aliphatic carboxylic acids is 1. The molecule has 2 N–H and O–H groups in total. The number of fused-ring (bicyclic) bond motifs is 3. The van der Waals surface area contributed by atoms with Crippen LogP contribution in [0.3, 0.4) is 0 Å². The number of methoxy groups -OCH3 is 1. The zero-order chi connectivity index (χ0) is 24.7. The van der Waals surface area contributed by atoms with E-state index < -0.39 is 18.1 Å². The molecule has 1 aliphatic carbocycles. The number of hydrogen-bond acceptors (Lipinski definition) is 5. The number of rotatable bonds is 11. The highest BCUT2D eigenvalue weighted by atomic mass is 16.5. The highest BCUT2D eigenvalue weighted by Crippen LogP contribution is 2.44. The fraction of sp³-hybridized carbons (Fsp3) is 0.423. The molecule has 2 aromatic rings. The zero-order valence-corrected chi connectivity index (χ0v) is 19.8. The first kappa shape index (κ1) is 25.2. The fourth-order valence-electron chi connectivity index (χ4n) is 4.32. The highest BCUT2D eigenvalue weighted by molar-refractivity contribution is 5.86. The van der Waals surface area contributed by atoms with Crippen molar-refractivity contribution in [3.63, 3.8) is 0 Å². The molecule has 0 spiro atoms. The molecule has 0 saturated carbocycles. The standard InChI is InChI=1S/C26H32N2O6/c1-17(2)28(14-15-33-3)25(31)23(12-13-24(29)30)27-26(32)34-16-22-20-10-6-4-8-18(20)19-9-5-7-11-21(19)22/h4-11,17,22-23H,12-16H2,1-3H3,(H,27,32)(H,29,30). The first-order valence-corrected chi connectivity index (χ1v) is 11.5. The summed E-state index contributed by atoms with van der Waals surface area (Å²) in [6.45, 7) is 4.49. The molecule has 2 amide bonds. The van der Waals surface area contributed by atoms with Crippen molar-refractivity contribution in [2.45, 2.75) is 44.7 Å². The van der Waals surface area contributed by atoms with Gasteiger partial charge in [0.2, 0.25) is 5.91 Å². The molecule has 1 unspecified atom stereocenters. The van der Waals surface area contributed by atoms with Crippen LogP contribution in [0.1, 0.15) is 43.7 Å². The number of carboxylic acids is 1. The van der Waals surface area contributed by atoms with Crippen LogP contribution in [0, 0.1) is 0 Å². The van der Waals surface area contributed by atoms with Crippen molar-refractivity contribution < 1.29 is 29.0 Å². The molecule has 34 heavy (non-hydrogen) atoms. The molecule has 0 saturated heterocycles. The van der Waals surface area contributed by atoms with Crippen LogP contribution in [-0.2, 0) is 19.1 Å². The van der Waals surface area contributed by atoms with Crippen molar-refractivity contribution >= 4 is 18.0 Å². The summed E-state index contributed by atoms with van der Waals surface area (Å²) in [7, 11) is 1.54. The van der Waals surface area contributed by atoms with Gasteiger partial charge in [-0.2, -0.15) is 0 Å². The molecule has 0 heterocycles. The van der Waals surface area contributed by atoms with Gasteiger partial charge in [-0.05, 0) is 42.5 Å². The van der Waals surface area contributed by atoms with Gasteiger partial charge in [-0.15, -0.1) is 0 Å². The van der Waals surface area contributed by atoms with Gasteiger partial charge in [0.05, 0.1) is 6.61 Å². The number of benzene rings is 2. The van der Waals surface area contributed by atoms with Crippen molar-refractivity contribution in [1.82, 2.24) is 10.2 Å². The number of hydrogen-bond donors (Lipinski definition) is 2. The summed E-state index contributed by atoms with van der Waals surface area (Å²) in [6.07, 6.45) is -1.04. The number of nitrogens with one attached hydrogen (secondary N) is 1. The lowest BCUT2D eigenvalue weighted by molar-refractivity contribution is -0.138. The normalized spacial score (nSPS) is 13.2. The van der Waals surface area contributed by atoms with Crippen molar-refractivity contribution in [3.05, 3.63) is 59.7 Å². The van der Waals surface area contributed by atoms with Crippen LogP contribution in [-0.4, -0.2) is 66.9 Å². The van der Waals surface area contributed by atoms with E-state index in [9.17, 15) is 14.4 Å². The lowest BCUT2D eigenvalue weighted by atomic mass is 9.98. The third-order valence-corrected chi connectivity index (χ3v) is 6.02. The Morgan fingerprint density at radius 3 is 2.15 bits per heavy atom. The van der Waals surface area contributed by atoms with E-state index in [-0.39, 0.29) is 37.3 Å². The zero-order valence-electron chi connectivity index (χ0n) is 19.8. The van der Waals surface area contributed by atoms with Gasteiger partial charge in [-0.3, -0.25) is 9.59 Å². The number of carboxylic acid groups (broad SMARTS) is 1. The summed E-state index contributed by atoms with van der Waals surface area (Å²) in [5, 5.41) is 11.7. The number of nitrogens with zero attached hydrogens (tertiary/aromatic N) is 1. The number of carbonyl (C=O) groups excluding carboxylic acids is 2. The van der Waals surface area contributed by atoms with Crippen LogP contribution in [0.5, 0.6) is 0 Å². The van der Waals surface area contributed by atoms with E-state index in [0.717, 1.165) is 22.3 Å². The van der Waals surface area contributed by atoms with Crippen LogP contribution in [0.15, 0.2) is 48.5 Å². The lowest BCUT2D eigenvalue weighted by Crippen LogP contribution is -2.52. The topological polar surface area (TPSA) is 105 Å². The van der Waals surface area contributed by atoms with E-state index in [1.54, 1.807) is 12.0 Å². The second-order valence-electron chi connectivity index (χ2n) is 8.57. The Kier molecular flexibility index (Phi) is 8.65. The molecular formula is C26H32N2O6. The molecule has 1 aliphatic rings. The Balaban J connectivity index is 1.70. The van der Waals surface area contributed by atoms with E-state index in [2.05, 4.69) is 17.4 Å². The molecule has 8 nitrogen and oxygen atoms in total. The van der Waals surface area contributed by atoms with Crippen LogP contribution in [0.4, 0.5) is 4.79 Å². The number of ether oxygens (including phenoxy) is 2. The Morgan fingerprint density at radius 1 is 1.03 bits per heavy atom. The third-order valence-electron chi connectivity index (χ3n) is 6.02. The average molecular weight is 469 g/mol. The lowest BCUT2D eigenvalue weighted by Gasteiger charge is -2.30. The minimum absolute atomic E-state index is 0.0332. The summed E-state index contributed by atoms with van der Waals surface area (Å²) >= 11 is 0. The Hall–Kier alpha value is -3.39. The van der Waals surface area contributed by atoms with Crippen LogP contribution in [0.25, 0.3) is 11.1 Å². The van der Waals surface area contributed by atoms with Crippen molar-refractivity contribution in [3.8, 4) is 11.1 Å². The van der Waals surface area contributed by atoms with Gasteiger partial charge in [0, 0.05) is 32.0 Å². The van der Waals surface area contributed by atoms with Gasteiger partial charge >= 0.3 is 12.1 Å². The monoisotopic (exact) mass is 468 g/mol. The van der Waals surface area contributed by atoms with Crippen molar-refractivity contribution in [2.24, 2.45) is 0 Å². The first-order valence-electron chi connectivity index (χ1n) is 11.5. The van der Waals surface area contributed by atoms with Crippen LogP contribution in [0.2, 0.25) is 0 Å². The SMILES string of the molecule is COCCN(C(=O)C(CCC(=O)O)NC(=O)OCC1c2ccccc2-c2ccccc21)C(C)C. The molecule has 182 valence electrons. The maximum Gasteiger partial charge on any atom is 0.407 e. The Morgan fingerprint density at radius 2 is 1.62 bits per heavy atom. The van der Waals surface area contributed by atoms with Gasteiger partial charge in [-0.25, -0.2) is 4.79 Å². The molecular weight excluding hydrogens is 436 g/mol. The Bertz CT molecular complexity index is 976. The van der Waals surface area contributed by atoms with Crippen LogP contribution >= 0.6 is 0 Å². The maximum atomic E-state index is 13.1. The van der Waals surface area contributed by atoms with Crippen LogP contribution < -0.4 is 5.32 Å². The first-order chi connectivity index (χ1) is 16.3. The van der Waals surface area contributed by atoms with Crippen molar-refractivity contribution in [1.29, 1.82) is 0 Å². The molecule has 3 rings (SSSR count). The molecule has 0 fully saturated rings. The van der Waals surface area contributed by atoms with E-state index >= 15 is 0 Å². The molecule has 0 aliphatic heterocycles. The van der Waals surface area contributed by atoms with Gasteiger partial charge in [0.25, 0.3) is 0 Å². The third kappa shape index (κ3) is 5.94. The van der Waals surface area contributed by atoms with Crippen molar-refractivity contribution in [2.75, 3.05) is 26.9 Å². The molecule has 2 aromatic carbocycles. The molecule has 1 atom stereocenters. The summed E-state index contributed by atoms with van der Waals surface area (Å²) in [4.78, 5) is 38.5. The predicted molar refractivity (Wildman–Crippen MR) is 128 cm³/mol. The van der Waals surface area contributed by atoms with Gasteiger partial charge in [-0.1, -0.05) is 48.5 Å². The molecule has 0 radical (unpaired) electrons. The van der Waals surface area contributed by atoms with Gasteiger partial charge < -0.3 is 24.8 Å². The quantitative estimate of drug-likeness (QED) is 0.522. The van der Waals surface area contributed by atoms with E-state index in [0.29, 0.717) is 13.2 Å². The van der Waals surface area contributed by atoms with E-state index in [1.165, 1.54) is 0 Å². The second-order valence-corrected chi connectivity index (χ2v) is 8.57. The molecule has 0 aromatic heterocycles. The average Bonchev–Trinajstić information content (AvgIpc) is 3.14. The summed E-state index contributed by atoms with van der Waals surface area (Å²) in [5.41, 5.74) is 4.40. The second kappa shape index (κ2) is 11.7. The largest absolute Gasteiger partial charge is 0.481 e. The number of alkyl carbamates (subject to hydrolysis) is 1. The molecule has 8 heteroatoms. The maximum absolute atomic E-state index is 13.1.